The summed E-state index contributed by atoms with van der Waals surface area (Å²) in [6.45, 7) is 5.21. The highest BCUT2D eigenvalue weighted by atomic mass is 35.5. The van der Waals surface area contributed by atoms with Crippen LogP contribution in [0, 0.1) is 17.2 Å². The van der Waals surface area contributed by atoms with Crippen molar-refractivity contribution in [1.29, 1.82) is 5.26 Å². The quantitative estimate of drug-likeness (QED) is 0.877. The summed E-state index contributed by atoms with van der Waals surface area (Å²) >= 11 is 6.11. The second kappa shape index (κ2) is 4.21. The third-order valence-electron chi connectivity index (χ3n) is 3.42. The summed E-state index contributed by atoms with van der Waals surface area (Å²) in [5.41, 5.74) is 0.825. The van der Waals surface area contributed by atoms with Crippen LogP contribution in [0.5, 0.6) is 0 Å². The van der Waals surface area contributed by atoms with E-state index < -0.39 is 5.60 Å². The van der Waals surface area contributed by atoms with Crippen LogP contribution in [-0.2, 0) is 0 Å². The van der Waals surface area contributed by atoms with Crippen molar-refractivity contribution in [2.24, 2.45) is 5.92 Å². The number of β-amino-alcohol motifs (C(OH)–C–C–N with tert-alkyl or cyclic N) is 1. The molecule has 1 aromatic rings. The molecular formula is C13H15ClN2O. The second-order valence-electron chi connectivity index (χ2n) is 4.89. The van der Waals surface area contributed by atoms with Crippen molar-refractivity contribution >= 4 is 17.3 Å². The van der Waals surface area contributed by atoms with E-state index >= 15 is 0 Å². The number of aliphatic hydroxyl groups is 1. The van der Waals surface area contributed by atoms with Crippen LogP contribution in [0.25, 0.3) is 0 Å². The minimum absolute atomic E-state index is 0.232. The fourth-order valence-corrected chi connectivity index (χ4v) is 2.28. The van der Waals surface area contributed by atoms with Gasteiger partial charge in [-0.3, -0.25) is 0 Å². The zero-order valence-electron chi connectivity index (χ0n) is 9.94. The summed E-state index contributed by atoms with van der Waals surface area (Å²) in [4.78, 5) is 2.03. The van der Waals surface area contributed by atoms with E-state index in [1.165, 1.54) is 0 Å². The Kier molecular flexibility index (Phi) is 3.03. The molecule has 0 spiro atoms. The van der Waals surface area contributed by atoms with Gasteiger partial charge in [-0.2, -0.15) is 5.26 Å². The molecule has 3 nitrogen and oxygen atoms in total. The number of hydrogen-bond acceptors (Lipinski definition) is 3. The van der Waals surface area contributed by atoms with Crippen LogP contribution in [0.15, 0.2) is 18.2 Å². The van der Waals surface area contributed by atoms with Crippen LogP contribution in [0.2, 0.25) is 5.02 Å². The predicted molar refractivity (Wildman–Crippen MR) is 68.2 cm³/mol. The lowest BCUT2D eigenvalue weighted by Crippen LogP contribution is -2.64. The molecule has 1 fully saturated rings. The lowest BCUT2D eigenvalue weighted by molar-refractivity contribution is -0.0300. The van der Waals surface area contributed by atoms with Gasteiger partial charge < -0.3 is 10.0 Å². The molecule has 1 N–H and O–H groups in total. The molecule has 1 aliphatic heterocycles. The summed E-state index contributed by atoms with van der Waals surface area (Å²) in [7, 11) is 0. The first-order valence-electron chi connectivity index (χ1n) is 5.63. The van der Waals surface area contributed by atoms with E-state index in [0.717, 1.165) is 5.69 Å². The maximum absolute atomic E-state index is 10.2. The maximum Gasteiger partial charge on any atom is 0.102 e. The first-order valence-corrected chi connectivity index (χ1v) is 6.01. The van der Waals surface area contributed by atoms with E-state index in [1.54, 1.807) is 12.1 Å². The lowest BCUT2D eigenvalue weighted by atomic mass is 9.82. The Morgan fingerprint density at radius 3 is 2.59 bits per heavy atom. The van der Waals surface area contributed by atoms with Crippen LogP contribution < -0.4 is 4.90 Å². The molecule has 0 aromatic heterocycles. The average molecular weight is 251 g/mol. The molecule has 1 heterocycles. The van der Waals surface area contributed by atoms with Crippen molar-refractivity contribution in [3.05, 3.63) is 28.8 Å². The van der Waals surface area contributed by atoms with Gasteiger partial charge in [0.25, 0.3) is 0 Å². The lowest BCUT2D eigenvalue weighted by Gasteiger charge is -2.50. The molecule has 0 unspecified atom stereocenters. The molecule has 0 amide bonds. The van der Waals surface area contributed by atoms with Gasteiger partial charge in [-0.05, 0) is 24.1 Å². The van der Waals surface area contributed by atoms with Crippen molar-refractivity contribution in [3.8, 4) is 6.07 Å². The Bertz CT molecular complexity index is 473. The monoisotopic (exact) mass is 250 g/mol. The molecular weight excluding hydrogens is 236 g/mol. The zero-order valence-corrected chi connectivity index (χ0v) is 10.7. The molecule has 1 saturated heterocycles. The van der Waals surface area contributed by atoms with Gasteiger partial charge in [0, 0.05) is 13.1 Å². The molecule has 0 saturated carbocycles. The largest absolute Gasteiger partial charge is 0.386 e. The summed E-state index contributed by atoms with van der Waals surface area (Å²) in [5.74, 6) is 0.232. The Balaban J connectivity index is 2.15. The molecule has 0 bridgehead atoms. The van der Waals surface area contributed by atoms with Crippen LogP contribution in [0.4, 0.5) is 5.69 Å². The van der Waals surface area contributed by atoms with Crippen LogP contribution in [-0.4, -0.2) is 23.8 Å². The van der Waals surface area contributed by atoms with Crippen molar-refractivity contribution in [2.45, 2.75) is 19.4 Å². The summed E-state index contributed by atoms with van der Waals surface area (Å²) < 4.78 is 0. The van der Waals surface area contributed by atoms with Crippen molar-refractivity contribution in [1.82, 2.24) is 0 Å². The minimum atomic E-state index is -0.614. The van der Waals surface area contributed by atoms with Crippen molar-refractivity contribution in [2.75, 3.05) is 18.0 Å². The van der Waals surface area contributed by atoms with Crippen LogP contribution in [0.3, 0.4) is 0 Å². The minimum Gasteiger partial charge on any atom is -0.386 e. The zero-order chi connectivity index (χ0) is 12.6. The summed E-state index contributed by atoms with van der Waals surface area (Å²) in [6.07, 6.45) is 0. The Hall–Kier alpha value is -1.24. The van der Waals surface area contributed by atoms with Gasteiger partial charge in [0.15, 0.2) is 0 Å². The van der Waals surface area contributed by atoms with Gasteiger partial charge in [0.1, 0.15) is 5.60 Å². The Labute approximate surface area is 106 Å². The topological polar surface area (TPSA) is 47.3 Å². The molecule has 0 radical (unpaired) electrons. The number of nitriles is 1. The number of benzene rings is 1. The number of rotatable bonds is 2. The SMILES string of the molecule is CC(C)C1(O)CN(c2ccc(C#N)cc2Cl)C1. The number of anilines is 1. The van der Waals surface area contributed by atoms with E-state index in [4.69, 9.17) is 16.9 Å². The smallest absolute Gasteiger partial charge is 0.102 e. The van der Waals surface area contributed by atoms with Gasteiger partial charge in [-0.25, -0.2) is 0 Å². The van der Waals surface area contributed by atoms with Gasteiger partial charge in [0.2, 0.25) is 0 Å². The third kappa shape index (κ3) is 2.11. The highest BCUT2D eigenvalue weighted by Crippen LogP contribution is 2.36. The fourth-order valence-electron chi connectivity index (χ4n) is 1.98. The average Bonchev–Trinajstić information content (AvgIpc) is 2.24. The van der Waals surface area contributed by atoms with E-state index in [1.807, 2.05) is 24.8 Å². The Morgan fingerprint density at radius 2 is 2.12 bits per heavy atom. The van der Waals surface area contributed by atoms with Crippen LogP contribution >= 0.6 is 11.6 Å². The summed E-state index contributed by atoms with van der Waals surface area (Å²) in [5, 5.41) is 19.5. The van der Waals surface area contributed by atoms with Gasteiger partial charge >= 0.3 is 0 Å². The van der Waals surface area contributed by atoms with Gasteiger partial charge in [-0.1, -0.05) is 25.4 Å². The third-order valence-corrected chi connectivity index (χ3v) is 3.72. The molecule has 0 atom stereocenters. The number of nitrogens with zero attached hydrogens (tertiary/aromatic N) is 2. The molecule has 1 aromatic carbocycles. The standard InChI is InChI=1S/C13H15ClN2O/c1-9(2)13(17)7-16(8-13)12-4-3-10(6-15)5-11(12)14/h3-5,9,17H,7-8H2,1-2H3. The number of hydrogen-bond donors (Lipinski definition) is 1. The highest BCUT2D eigenvalue weighted by molar-refractivity contribution is 6.33. The van der Waals surface area contributed by atoms with Crippen LogP contribution in [0.1, 0.15) is 19.4 Å². The van der Waals surface area contributed by atoms with Crippen molar-refractivity contribution < 1.29 is 5.11 Å². The molecule has 90 valence electrons. The summed E-state index contributed by atoms with van der Waals surface area (Å²) in [6, 6.07) is 7.29. The van der Waals surface area contributed by atoms with Crippen molar-refractivity contribution in [3.63, 3.8) is 0 Å². The second-order valence-corrected chi connectivity index (χ2v) is 5.30. The first-order chi connectivity index (χ1) is 7.96. The van der Waals surface area contributed by atoms with E-state index in [0.29, 0.717) is 23.7 Å². The maximum atomic E-state index is 10.2. The first kappa shape index (κ1) is 12.2. The normalized spacial score (nSPS) is 17.8. The molecule has 1 aliphatic rings. The van der Waals surface area contributed by atoms with Gasteiger partial charge in [0.05, 0.1) is 22.3 Å². The number of halogens is 1. The fraction of sp³-hybridized carbons (Fsp3) is 0.462. The highest BCUT2D eigenvalue weighted by Gasteiger charge is 2.44. The molecule has 17 heavy (non-hydrogen) atoms. The van der Waals surface area contributed by atoms with E-state index in [-0.39, 0.29) is 5.92 Å². The molecule has 0 aliphatic carbocycles. The van der Waals surface area contributed by atoms with E-state index in [2.05, 4.69) is 6.07 Å². The van der Waals surface area contributed by atoms with E-state index in [9.17, 15) is 5.11 Å². The molecule has 2 rings (SSSR count). The predicted octanol–water partition coefficient (Wildman–Crippen LogP) is 2.42. The van der Waals surface area contributed by atoms with Gasteiger partial charge in [-0.15, -0.1) is 0 Å². The molecule has 4 heteroatoms. The Morgan fingerprint density at radius 1 is 1.47 bits per heavy atom.